The summed E-state index contributed by atoms with van der Waals surface area (Å²) in [5.74, 6) is 2.47. The predicted octanol–water partition coefficient (Wildman–Crippen LogP) is 3.42. The lowest BCUT2D eigenvalue weighted by molar-refractivity contribution is 0.174. The molecule has 0 saturated carbocycles. The first-order valence-corrected chi connectivity index (χ1v) is 11.0. The Morgan fingerprint density at radius 2 is 2.00 bits per heavy atom. The summed E-state index contributed by atoms with van der Waals surface area (Å²) >= 11 is 1.35. The molecular weight excluding hydrogens is 432 g/mol. The molecule has 0 spiro atoms. The molecule has 0 N–H and O–H groups in total. The highest BCUT2D eigenvalue weighted by Crippen LogP contribution is 2.35. The highest BCUT2D eigenvalue weighted by molar-refractivity contribution is 7.98. The van der Waals surface area contributed by atoms with Gasteiger partial charge in [-0.05, 0) is 19.1 Å². The largest absolute Gasteiger partial charge is 0.454 e. The van der Waals surface area contributed by atoms with Crippen molar-refractivity contribution in [2.45, 2.75) is 24.4 Å². The molecule has 0 saturated heterocycles. The van der Waals surface area contributed by atoms with E-state index in [-0.39, 0.29) is 12.4 Å². The number of hydrogen-bond acceptors (Lipinski definition) is 9. The Hall–Kier alpha value is -3.37. The number of benzene rings is 2. The van der Waals surface area contributed by atoms with Crippen molar-refractivity contribution in [2.24, 2.45) is 0 Å². The number of ether oxygens (including phenoxy) is 3. The SMILES string of the molecule is COCCn1c(SCc2nc(-c3cccc(C)c3)no2)nc2cc3c(cc2c1=O)OCO3. The molecule has 10 heteroatoms. The van der Waals surface area contributed by atoms with Crippen LogP contribution >= 0.6 is 11.8 Å². The summed E-state index contributed by atoms with van der Waals surface area (Å²) in [5, 5.41) is 5.08. The summed E-state index contributed by atoms with van der Waals surface area (Å²) in [6, 6.07) is 11.3. The fraction of sp³-hybridized carbons (Fsp3) is 0.273. The van der Waals surface area contributed by atoms with E-state index in [0.29, 0.717) is 58.2 Å². The lowest BCUT2D eigenvalue weighted by Gasteiger charge is -2.12. The predicted molar refractivity (Wildman–Crippen MR) is 118 cm³/mol. The zero-order valence-electron chi connectivity index (χ0n) is 17.5. The van der Waals surface area contributed by atoms with Crippen LogP contribution in [0.25, 0.3) is 22.3 Å². The van der Waals surface area contributed by atoms with Gasteiger partial charge in [0.05, 0.1) is 29.8 Å². The van der Waals surface area contributed by atoms with Gasteiger partial charge in [0.15, 0.2) is 16.7 Å². The number of methoxy groups -OCH3 is 1. The Bertz CT molecular complexity index is 1350. The Morgan fingerprint density at radius 1 is 1.16 bits per heavy atom. The van der Waals surface area contributed by atoms with Crippen LogP contribution in [-0.4, -0.2) is 40.2 Å². The molecular formula is C22H20N4O5S. The monoisotopic (exact) mass is 452 g/mol. The van der Waals surface area contributed by atoms with Crippen LogP contribution in [0.3, 0.4) is 0 Å². The number of fused-ring (bicyclic) bond motifs is 2. The molecule has 9 nitrogen and oxygen atoms in total. The van der Waals surface area contributed by atoms with E-state index in [1.807, 2.05) is 31.2 Å². The Balaban J connectivity index is 1.45. The van der Waals surface area contributed by atoms with Gasteiger partial charge >= 0.3 is 0 Å². The van der Waals surface area contributed by atoms with Crippen molar-refractivity contribution >= 4 is 22.7 Å². The molecule has 164 valence electrons. The zero-order valence-corrected chi connectivity index (χ0v) is 18.3. The average molecular weight is 452 g/mol. The van der Waals surface area contributed by atoms with Gasteiger partial charge in [0.1, 0.15) is 0 Å². The van der Waals surface area contributed by atoms with Gasteiger partial charge in [0.2, 0.25) is 18.5 Å². The lowest BCUT2D eigenvalue weighted by atomic mass is 10.1. The molecule has 0 bridgehead atoms. The maximum absolute atomic E-state index is 13.2. The molecule has 3 heterocycles. The third-order valence-corrected chi connectivity index (χ3v) is 5.96. The number of nitrogens with zero attached hydrogens (tertiary/aromatic N) is 4. The van der Waals surface area contributed by atoms with Crippen molar-refractivity contribution in [3.63, 3.8) is 0 Å². The van der Waals surface area contributed by atoms with Crippen LogP contribution < -0.4 is 15.0 Å². The van der Waals surface area contributed by atoms with E-state index in [0.717, 1.165) is 11.1 Å². The molecule has 0 unspecified atom stereocenters. The van der Waals surface area contributed by atoms with Crippen LogP contribution in [0.15, 0.2) is 50.9 Å². The highest BCUT2D eigenvalue weighted by Gasteiger charge is 2.20. The summed E-state index contributed by atoms with van der Waals surface area (Å²) in [5.41, 5.74) is 2.38. The van der Waals surface area contributed by atoms with Crippen LogP contribution in [0, 0.1) is 6.92 Å². The van der Waals surface area contributed by atoms with Crippen molar-refractivity contribution in [1.82, 2.24) is 19.7 Å². The fourth-order valence-electron chi connectivity index (χ4n) is 3.42. The minimum atomic E-state index is -0.168. The van der Waals surface area contributed by atoms with Gasteiger partial charge in [-0.3, -0.25) is 9.36 Å². The first kappa shape index (κ1) is 20.5. The molecule has 5 rings (SSSR count). The van der Waals surface area contributed by atoms with Crippen molar-refractivity contribution in [1.29, 1.82) is 0 Å². The third kappa shape index (κ3) is 3.94. The van der Waals surface area contributed by atoms with E-state index in [4.69, 9.17) is 23.7 Å². The van der Waals surface area contributed by atoms with Crippen LogP contribution in [0.5, 0.6) is 11.5 Å². The van der Waals surface area contributed by atoms with Crippen LogP contribution in [-0.2, 0) is 17.0 Å². The zero-order chi connectivity index (χ0) is 22.1. The number of aryl methyl sites for hydroxylation is 1. The van der Waals surface area contributed by atoms with Gasteiger partial charge in [0, 0.05) is 18.7 Å². The first-order chi connectivity index (χ1) is 15.6. The molecule has 4 aromatic rings. The maximum Gasteiger partial charge on any atom is 0.262 e. The lowest BCUT2D eigenvalue weighted by Crippen LogP contribution is -2.25. The number of thioether (sulfide) groups is 1. The minimum Gasteiger partial charge on any atom is -0.454 e. The van der Waals surface area contributed by atoms with Gasteiger partial charge in [-0.25, -0.2) is 4.98 Å². The van der Waals surface area contributed by atoms with Gasteiger partial charge in [0.25, 0.3) is 5.56 Å². The van der Waals surface area contributed by atoms with Gasteiger partial charge in [-0.15, -0.1) is 0 Å². The Kier molecular flexibility index (Phi) is 5.54. The van der Waals surface area contributed by atoms with Crippen molar-refractivity contribution < 1.29 is 18.7 Å². The Labute approximate surface area is 187 Å². The Morgan fingerprint density at radius 3 is 2.81 bits per heavy atom. The molecule has 0 radical (unpaired) electrons. The van der Waals surface area contributed by atoms with Gasteiger partial charge < -0.3 is 18.7 Å². The molecule has 0 amide bonds. The van der Waals surface area contributed by atoms with Crippen LogP contribution in [0.4, 0.5) is 0 Å². The van der Waals surface area contributed by atoms with Crippen LogP contribution in [0.2, 0.25) is 0 Å². The summed E-state index contributed by atoms with van der Waals surface area (Å²) in [6.07, 6.45) is 0. The van der Waals surface area contributed by atoms with Crippen molar-refractivity contribution in [3.05, 3.63) is 58.2 Å². The van der Waals surface area contributed by atoms with Gasteiger partial charge in [-0.1, -0.05) is 40.7 Å². The summed E-state index contributed by atoms with van der Waals surface area (Å²) in [4.78, 5) is 22.4. The molecule has 1 aliphatic rings. The smallest absolute Gasteiger partial charge is 0.262 e. The van der Waals surface area contributed by atoms with Crippen molar-refractivity contribution in [2.75, 3.05) is 20.5 Å². The molecule has 2 aromatic carbocycles. The molecule has 32 heavy (non-hydrogen) atoms. The summed E-state index contributed by atoms with van der Waals surface area (Å²) in [6.45, 7) is 2.89. The van der Waals surface area contributed by atoms with Gasteiger partial charge in [-0.2, -0.15) is 4.98 Å². The molecule has 0 aliphatic carbocycles. The number of aromatic nitrogens is 4. The number of rotatable bonds is 7. The maximum atomic E-state index is 13.2. The molecule has 0 fully saturated rings. The molecule has 1 aliphatic heterocycles. The van der Waals surface area contributed by atoms with E-state index in [9.17, 15) is 4.79 Å². The second kappa shape index (κ2) is 8.64. The van der Waals surface area contributed by atoms with Crippen LogP contribution in [0.1, 0.15) is 11.5 Å². The topological polar surface area (TPSA) is 102 Å². The number of hydrogen-bond donors (Lipinski definition) is 0. The average Bonchev–Trinajstić information content (AvgIpc) is 3.45. The molecule has 2 aromatic heterocycles. The fourth-order valence-corrected chi connectivity index (χ4v) is 4.28. The van der Waals surface area contributed by atoms with E-state index < -0.39 is 0 Å². The van der Waals surface area contributed by atoms with E-state index in [1.54, 1.807) is 23.8 Å². The minimum absolute atomic E-state index is 0.131. The van der Waals surface area contributed by atoms with E-state index in [1.165, 1.54) is 11.8 Å². The quantitative estimate of drug-likeness (QED) is 0.308. The third-order valence-electron chi connectivity index (χ3n) is 5.00. The standard InChI is InChI=1S/C22H20N4O5S/c1-13-4-3-5-14(8-13)20-24-19(31-25-20)11-32-22-23-16-10-18-17(29-12-30-18)9-15(16)21(27)26(22)6-7-28-2/h3-5,8-10H,6-7,11-12H2,1-2H3. The summed E-state index contributed by atoms with van der Waals surface area (Å²) < 4.78 is 23.0. The highest BCUT2D eigenvalue weighted by atomic mass is 32.2. The van der Waals surface area contributed by atoms with E-state index >= 15 is 0 Å². The normalized spacial score (nSPS) is 12.6. The summed E-state index contributed by atoms with van der Waals surface area (Å²) in [7, 11) is 1.59. The molecule has 0 atom stereocenters. The van der Waals surface area contributed by atoms with Crippen molar-refractivity contribution in [3.8, 4) is 22.9 Å². The second-order valence-electron chi connectivity index (χ2n) is 7.24. The second-order valence-corrected chi connectivity index (χ2v) is 8.18. The van der Waals surface area contributed by atoms with E-state index in [2.05, 4.69) is 10.1 Å². The first-order valence-electron chi connectivity index (χ1n) is 9.98.